The van der Waals surface area contributed by atoms with Gasteiger partial charge in [0, 0.05) is 0 Å². The standard InChI is InChI=1S/C30H34O6/c1-2-25(31)28-27(32)30(35-20-24-16-10-5-11-17-24)29(34-19-23-14-8-4-9-15-23)26(36-28)21-33-18-22-12-6-3-7-13-22/h2-17,25-32H,1,18-21H2/t25-,26+,27+,28-,29+,30+/m0/s1. The Morgan fingerprint density at radius 1 is 0.750 bits per heavy atom. The summed E-state index contributed by atoms with van der Waals surface area (Å²) in [4.78, 5) is 0. The molecule has 1 fully saturated rings. The van der Waals surface area contributed by atoms with Crippen molar-refractivity contribution in [1.82, 2.24) is 0 Å². The summed E-state index contributed by atoms with van der Waals surface area (Å²) in [5, 5.41) is 21.7. The number of benzene rings is 3. The molecule has 1 aliphatic rings. The highest BCUT2D eigenvalue weighted by Crippen LogP contribution is 2.30. The molecule has 0 bridgehead atoms. The lowest BCUT2D eigenvalue weighted by Gasteiger charge is -2.45. The minimum atomic E-state index is -1.13. The summed E-state index contributed by atoms with van der Waals surface area (Å²) in [5.41, 5.74) is 3.00. The number of ether oxygens (including phenoxy) is 4. The molecule has 4 rings (SSSR count). The van der Waals surface area contributed by atoms with E-state index in [1.807, 2.05) is 91.0 Å². The molecule has 6 heteroatoms. The van der Waals surface area contributed by atoms with Crippen LogP contribution in [-0.2, 0) is 38.8 Å². The Balaban J connectivity index is 1.53. The zero-order chi connectivity index (χ0) is 25.2. The highest BCUT2D eigenvalue weighted by molar-refractivity contribution is 5.15. The molecular weight excluding hydrogens is 456 g/mol. The predicted molar refractivity (Wildman–Crippen MR) is 137 cm³/mol. The van der Waals surface area contributed by atoms with Gasteiger partial charge in [0.1, 0.15) is 36.6 Å². The van der Waals surface area contributed by atoms with Gasteiger partial charge in [0.15, 0.2) is 0 Å². The lowest BCUT2D eigenvalue weighted by atomic mass is 9.91. The van der Waals surface area contributed by atoms with Gasteiger partial charge in [0.25, 0.3) is 0 Å². The fraction of sp³-hybridized carbons (Fsp3) is 0.333. The Labute approximate surface area is 212 Å². The molecule has 0 saturated carbocycles. The van der Waals surface area contributed by atoms with Crippen molar-refractivity contribution in [2.45, 2.75) is 56.4 Å². The van der Waals surface area contributed by atoms with Gasteiger partial charge in [-0.05, 0) is 16.7 Å². The second kappa shape index (κ2) is 13.5. The van der Waals surface area contributed by atoms with Crippen molar-refractivity contribution in [2.75, 3.05) is 6.61 Å². The summed E-state index contributed by atoms with van der Waals surface area (Å²) < 4.78 is 24.7. The molecule has 3 aromatic rings. The first-order valence-corrected chi connectivity index (χ1v) is 12.2. The van der Waals surface area contributed by atoms with E-state index in [1.54, 1.807) is 0 Å². The summed E-state index contributed by atoms with van der Waals surface area (Å²) >= 11 is 0. The minimum absolute atomic E-state index is 0.201. The van der Waals surface area contributed by atoms with Crippen LogP contribution in [0.4, 0.5) is 0 Å². The third-order valence-corrected chi connectivity index (χ3v) is 6.24. The maximum absolute atomic E-state index is 11.2. The van der Waals surface area contributed by atoms with Crippen molar-refractivity contribution < 1.29 is 29.2 Å². The molecule has 0 amide bonds. The monoisotopic (exact) mass is 490 g/mol. The van der Waals surface area contributed by atoms with E-state index in [9.17, 15) is 10.2 Å². The van der Waals surface area contributed by atoms with Crippen molar-refractivity contribution in [2.24, 2.45) is 0 Å². The van der Waals surface area contributed by atoms with Crippen LogP contribution in [0.2, 0.25) is 0 Å². The topological polar surface area (TPSA) is 77.4 Å². The normalized spacial score (nSPS) is 24.8. The summed E-state index contributed by atoms with van der Waals surface area (Å²) in [6.07, 6.45) is -3.75. The number of hydrogen-bond donors (Lipinski definition) is 2. The van der Waals surface area contributed by atoms with Crippen LogP contribution in [0, 0.1) is 0 Å². The summed E-state index contributed by atoms with van der Waals surface area (Å²) in [5.74, 6) is 0. The van der Waals surface area contributed by atoms with Crippen molar-refractivity contribution in [3.8, 4) is 0 Å². The van der Waals surface area contributed by atoms with Crippen molar-refractivity contribution >= 4 is 0 Å². The van der Waals surface area contributed by atoms with E-state index < -0.39 is 36.6 Å². The maximum atomic E-state index is 11.2. The molecule has 0 radical (unpaired) electrons. The first-order chi connectivity index (χ1) is 17.7. The second-order valence-corrected chi connectivity index (χ2v) is 8.88. The van der Waals surface area contributed by atoms with Crippen molar-refractivity contribution in [3.05, 3.63) is 120 Å². The van der Waals surface area contributed by atoms with E-state index in [-0.39, 0.29) is 13.2 Å². The highest BCUT2D eigenvalue weighted by Gasteiger charge is 2.48. The largest absolute Gasteiger partial charge is 0.387 e. The highest BCUT2D eigenvalue weighted by atomic mass is 16.6. The van der Waals surface area contributed by atoms with Gasteiger partial charge >= 0.3 is 0 Å². The summed E-state index contributed by atoms with van der Waals surface area (Å²) in [6.45, 7) is 4.87. The Morgan fingerprint density at radius 3 is 1.72 bits per heavy atom. The SMILES string of the molecule is C=C[C@H](O)[C@@H]1O[C@H](COCc2ccccc2)[C@@H](OCc2ccccc2)[C@H](OCc2ccccc2)[C@@H]1O. The van der Waals surface area contributed by atoms with Gasteiger partial charge in [-0.25, -0.2) is 0 Å². The van der Waals surface area contributed by atoms with Gasteiger partial charge in [-0.15, -0.1) is 6.58 Å². The zero-order valence-corrected chi connectivity index (χ0v) is 20.3. The smallest absolute Gasteiger partial charge is 0.116 e. The average Bonchev–Trinajstić information content (AvgIpc) is 2.93. The van der Waals surface area contributed by atoms with Gasteiger partial charge in [0.05, 0.1) is 26.4 Å². The van der Waals surface area contributed by atoms with Crippen LogP contribution in [0.15, 0.2) is 104 Å². The van der Waals surface area contributed by atoms with E-state index in [0.717, 1.165) is 16.7 Å². The molecule has 0 unspecified atom stereocenters. The van der Waals surface area contributed by atoms with Crippen molar-refractivity contribution in [1.29, 1.82) is 0 Å². The molecule has 6 nitrogen and oxygen atoms in total. The van der Waals surface area contributed by atoms with Crippen LogP contribution < -0.4 is 0 Å². The third kappa shape index (κ3) is 7.11. The third-order valence-electron chi connectivity index (χ3n) is 6.24. The number of hydrogen-bond acceptors (Lipinski definition) is 6. The Bertz CT molecular complexity index is 1030. The van der Waals surface area contributed by atoms with Crippen LogP contribution in [0.5, 0.6) is 0 Å². The fourth-order valence-corrected chi connectivity index (χ4v) is 4.30. The zero-order valence-electron chi connectivity index (χ0n) is 20.3. The van der Waals surface area contributed by atoms with Crippen LogP contribution in [-0.4, -0.2) is 53.4 Å². The van der Waals surface area contributed by atoms with Crippen LogP contribution in [0.3, 0.4) is 0 Å². The van der Waals surface area contributed by atoms with Gasteiger partial charge in [-0.1, -0.05) is 97.1 Å². The van der Waals surface area contributed by atoms with E-state index in [2.05, 4.69) is 6.58 Å². The molecule has 1 heterocycles. The molecule has 6 atom stereocenters. The molecule has 0 aromatic heterocycles. The Morgan fingerprint density at radius 2 is 1.22 bits per heavy atom. The van der Waals surface area contributed by atoms with Gasteiger partial charge in [-0.3, -0.25) is 0 Å². The lowest BCUT2D eigenvalue weighted by Crippen LogP contribution is -2.62. The maximum Gasteiger partial charge on any atom is 0.116 e. The molecule has 1 aliphatic heterocycles. The molecule has 36 heavy (non-hydrogen) atoms. The van der Waals surface area contributed by atoms with E-state index in [0.29, 0.717) is 13.2 Å². The lowest BCUT2D eigenvalue weighted by molar-refractivity contribution is -0.272. The van der Waals surface area contributed by atoms with Gasteiger partial charge < -0.3 is 29.2 Å². The van der Waals surface area contributed by atoms with E-state index >= 15 is 0 Å². The fourth-order valence-electron chi connectivity index (χ4n) is 4.30. The molecular formula is C30H34O6. The quantitative estimate of drug-likeness (QED) is 0.373. The Kier molecular flexibility index (Phi) is 9.81. The predicted octanol–water partition coefficient (Wildman–Crippen LogP) is 4.05. The summed E-state index contributed by atoms with van der Waals surface area (Å²) in [7, 11) is 0. The summed E-state index contributed by atoms with van der Waals surface area (Å²) in [6, 6.07) is 29.4. The molecule has 3 aromatic carbocycles. The number of rotatable bonds is 12. The van der Waals surface area contributed by atoms with Gasteiger partial charge in [0.2, 0.25) is 0 Å². The Hall–Kier alpha value is -2.84. The average molecular weight is 491 g/mol. The van der Waals surface area contributed by atoms with E-state index in [4.69, 9.17) is 18.9 Å². The first-order valence-electron chi connectivity index (χ1n) is 12.2. The minimum Gasteiger partial charge on any atom is -0.387 e. The van der Waals surface area contributed by atoms with Gasteiger partial charge in [-0.2, -0.15) is 0 Å². The number of aliphatic hydroxyl groups excluding tert-OH is 2. The second-order valence-electron chi connectivity index (χ2n) is 8.88. The molecule has 2 N–H and O–H groups in total. The first kappa shape index (κ1) is 26.2. The van der Waals surface area contributed by atoms with E-state index in [1.165, 1.54) is 6.08 Å². The molecule has 0 aliphatic carbocycles. The van der Waals surface area contributed by atoms with Crippen LogP contribution in [0.25, 0.3) is 0 Å². The molecule has 190 valence electrons. The molecule has 0 spiro atoms. The van der Waals surface area contributed by atoms with Crippen LogP contribution >= 0.6 is 0 Å². The molecule has 1 saturated heterocycles. The number of aliphatic hydroxyl groups is 2. The van der Waals surface area contributed by atoms with Crippen molar-refractivity contribution in [3.63, 3.8) is 0 Å². The van der Waals surface area contributed by atoms with Crippen LogP contribution in [0.1, 0.15) is 16.7 Å².